The van der Waals surface area contributed by atoms with Crippen molar-refractivity contribution in [3.8, 4) is 0 Å². The Morgan fingerprint density at radius 3 is 2.88 bits per heavy atom. The molecule has 16 heavy (non-hydrogen) atoms. The topological polar surface area (TPSA) is 29.4 Å². The first-order chi connectivity index (χ1) is 7.72. The smallest absolute Gasteiger partial charge is 0.0589 e. The Morgan fingerprint density at radius 2 is 2.25 bits per heavy atom. The summed E-state index contributed by atoms with van der Waals surface area (Å²) in [5.41, 5.74) is 1.34. The maximum absolute atomic E-state index is 5.03. The van der Waals surface area contributed by atoms with Crippen LogP contribution < -0.4 is 5.32 Å². The lowest BCUT2D eigenvalue weighted by atomic mass is 10.3. The van der Waals surface area contributed by atoms with Crippen molar-refractivity contribution in [1.29, 1.82) is 0 Å². The average molecular weight is 225 g/mol. The lowest BCUT2D eigenvalue weighted by molar-refractivity contribution is 0.161. The Kier molecular flexibility index (Phi) is 6.15. The van der Waals surface area contributed by atoms with E-state index in [1.807, 2.05) is 7.05 Å². The van der Waals surface area contributed by atoms with E-state index in [1.54, 1.807) is 7.11 Å². The average Bonchev–Trinajstić information content (AvgIpc) is 2.67. The minimum absolute atomic E-state index is 0.801. The van der Waals surface area contributed by atoms with Gasteiger partial charge in [-0.15, -0.1) is 0 Å². The van der Waals surface area contributed by atoms with E-state index in [9.17, 15) is 0 Å². The van der Waals surface area contributed by atoms with Crippen molar-refractivity contribution in [1.82, 2.24) is 14.8 Å². The van der Waals surface area contributed by atoms with Gasteiger partial charge in [-0.1, -0.05) is 0 Å². The number of nitrogens with one attached hydrogen (secondary N) is 1. The fraction of sp³-hybridized carbons (Fsp3) is 0.667. The van der Waals surface area contributed by atoms with Crippen LogP contribution in [0.4, 0.5) is 0 Å². The van der Waals surface area contributed by atoms with E-state index in [2.05, 4.69) is 40.3 Å². The summed E-state index contributed by atoms with van der Waals surface area (Å²) in [7, 11) is 5.90. The van der Waals surface area contributed by atoms with Crippen LogP contribution >= 0.6 is 0 Å². The monoisotopic (exact) mass is 225 g/mol. The fourth-order valence-electron chi connectivity index (χ4n) is 1.53. The molecule has 4 heteroatoms. The standard InChI is InChI=1S/C12H23N3O/c1-14(8-9-16-3)7-5-13-10-12-4-6-15(2)11-12/h4,6,11,13H,5,7-10H2,1-3H3. The Morgan fingerprint density at radius 1 is 1.44 bits per heavy atom. The zero-order valence-electron chi connectivity index (χ0n) is 10.6. The quantitative estimate of drug-likeness (QED) is 0.660. The number of nitrogens with zero attached hydrogens (tertiary/aromatic N) is 2. The Balaban J connectivity index is 2.03. The molecule has 92 valence electrons. The van der Waals surface area contributed by atoms with Crippen LogP contribution in [0.5, 0.6) is 0 Å². The van der Waals surface area contributed by atoms with Gasteiger partial charge in [-0.25, -0.2) is 0 Å². The van der Waals surface area contributed by atoms with Crippen molar-refractivity contribution < 1.29 is 4.74 Å². The van der Waals surface area contributed by atoms with Crippen LogP contribution in [0.2, 0.25) is 0 Å². The highest BCUT2D eigenvalue weighted by molar-refractivity contribution is 5.09. The zero-order valence-corrected chi connectivity index (χ0v) is 10.6. The molecule has 1 rings (SSSR count). The predicted molar refractivity (Wildman–Crippen MR) is 66.5 cm³/mol. The van der Waals surface area contributed by atoms with Gasteiger partial charge in [0.05, 0.1) is 6.61 Å². The number of aryl methyl sites for hydroxylation is 1. The molecule has 4 nitrogen and oxygen atoms in total. The molecule has 0 aromatic carbocycles. The summed E-state index contributed by atoms with van der Waals surface area (Å²) >= 11 is 0. The van der Waals surface area contributed by atoms with Crippen molar-refractivity contribution in [3.05, 3.63) is 24.0 Å². The van der Waals surface area contributed by atoms with Gasteiger partial charge < -0.3 is 19.5 Å². The van der Waals surface area contributed by atoms with Crippen LogP contribution in [0.1, 0.15) is 5.56 Å². The number of likely N-dealkylation sites (N-methyl/N-ethyl adjacent to an activating group) is 1. The molecule has 0 saturated carbocycles. The summed E-state index contributed by atoms with van der Waals surface area (Å²) < 4.78 is 7.10. The number of ether oxygens (including phenoxy) is 1. The SMILES string of the molecule is COCCN(C)CCNCc1ccn(C)c1. The molecule has 0 atom stereocenters. The second kappa shape index (κ2) is 7.44. The number of aromatic nitrogens is 1. The molecule has 0 bridgehead atoms. The van der Waals surface area contributed by atoms with Gasteiger partial charge in [-0.2, -0.15) is 0 Å². The van der Waals surface area contributed by atoms with Crippen LogP contribution in [-0.4, -0.2) is 49.9 Å². The summed E-state index contributed by atoms with van der Waals surface area (Å²) in [5.74, 6) is 0. The van der Waals surface area contributed by atoms with Gasteiger partial charge in [0.2, 0.25) is 0 Å². The van der Waals surface area contributed by atoms with Crippen LogP contribution in [0.3, 0.4) is 0 Å². The highest BCUT2D eigenvalue weighted by Gasteiger charge is 1.98. The first-order valence-electron chi connectivity index (χ1n) is 5.71. The molecule has 0 aliphatic heterocycles. The van der Waals surface area contributed by atoms with E-state index in [0.29, 0.717) is 0 Å². The van der Waals surface area contributed by atoms with Gasteiger partial charge in [0.25, 0.3) is 0 Å². The summed E-state index contributed by atoms with van der Waals surface area (Å²) in [6.07, 6.45) is 4.21. The highest BCUT2D eigenvalue weighted by Crippen LogP contribution is 1.97. The minimum atomic E-state index is 0.801. The number of rotatable bonds is 8. The van der Waals surface area contributed by atoms with Crippen molar-refractivity contribution in [2.75, 3.05) is 40.4 Å². The lowest BCUT2D eigenvalue weighted by Gasteiger charge is -2.15. The summed E-state index contributed by atoms with van der Waals surface area (Å²) in [6.45, 7) is 4.79. The first kappa shape index (κ1) is 13.2. The van der Waals surface area contributed by atoms with E-state index in [0.717, 1.165) is 32.8 Å². The Hall–Kier alpha value is -0.840. The molecule has 1 N–H and O–H groups in total. The van der Waals surface area contributed by atoms with Crippen molar-refractivity contribution in [2.45, 2.75) is 6.54 Å². The number of methoxy groups -OCH3 is 1. The Labute approximate surface area is 98.2 Å². The third kappa shape index (κ3) is 5.30. The largest absolute Gasteiger partial charge is 0.383 e. The van der Waals surface area contributed by atoms with Crippen LogP contribution in [-0.2, 0) is 18.3 Å². The molecule has 1 aromatic rings. The van der Waals surface area contributed by atoms with E-state index in [1.165, 1.54) is 5.56 Å². The minimum Gasteiger partial charge on any atom is -0.383 e. The van der Waals surface area contributed by atoms with Crippen LogP contribution in [0.25, 0.3) is 0 Å². The molecule has 0 fully saturated rings. The van der Waals surface area contributed by atoms with E-state index >= 15 is 0 Å². The highest BCUT2D eigenvalue weighted by atomic mass is 16.5. The normalized spacial score (nSPS) is 11.2. The number of hydrogen-bond acceptors (Lipinski definition) is 3. The maximum Gasteiger partial charge on any atom is 0.0589 e. The molecule has 1 aromatic heterocycles. The van der Waals surface area contributed by atoms with E-state index in [-0.39, 0.29) is 0 Å². The van der Waals surface area contributed by atoms with Gasteiger partial charge in [-0.3, -0.25) is 0 Å². The maximum atomic E-state index is 5.03. The van der Waals surface area contributed by atoms with Gasteiger partial charge in [0, 0.05) is 52.7 Å². The second-order valence-corrected chi connectivity index (χ2v) is 4.16. The van der Waals surface area contributed by atoms with Crippen molar-refractivity contribution in [2.24, 2.45) is 7.05 Å². The van der Waals surface area contributed by atoms with Gasteiger partial charge in [0.15, 0.2) is 0 Å². The molecule has 0 aliphatic carbocycles. The first-order valence-corrected chi connectivity index (χ1v) is 5.71. The molecular weight excluding hydrogens is 202 g/mol. The van der Waals surface area contributed by atoms with E-state index < -0.39 is 0 Å². The van der Waals surface area contributed by atoms with Gasteiger partial charge >= 0.3 is 0 Å². The molecule has 0 saturated heterocycles. The molecule has 0 amide bonds. The summed E-state index contributed by atoms with van der Waals surface area (Å²) in [6, 6.07) is 2.14. The van der Waals surface area contributed by atoms with Crippen LogP contribution in [0.15, 0.2) is 18.5 Å². The lowest BCUT2D eigenvalue weighted by Crippen LogP contribution is -2.31. The van der Waals surface area contributed by atoms with Gasteiger partial charge in [-0.05, 0) is 18.7 Å². The summed E-state index contributed by atoms with van der Waals surface area (Å²) in [5, 5.41) is 3.43. The van der Waals surface area contributed by atoms with Gasteiger partial charge in [0.1, 0.15) is 0 Å². The zero-order chi connectivity index (χ0) is 11.8. The second-order valence-electron chi connectivity index (χ2n) is 4.16. The fourth-order valence-corrected chi connectivity index (χ4v) is 1.53. The third-order valence-corrected chi connectivity index (χ3v) is 2.57. The summed E-state index contributed by atoms with van der Waals surface area (Å²) in [4.78, 5) is 2.27. The van der Waals surface area contributed by atoms with Crippen molar-refractivity contribution in [3.63, 3.8) is 0 Å². The molecule has 1 heterocycles. The molecule has 0 unspecified atom stereocenters. The molecule has 0 radical (unpaired) electrons. The molecular formula is C12H23N3O. The van der Waals surface area contributed by atoms with Crippen LogP contribution in [0, 0.1) is 0 Å². The third-order valence-electron chi connectivity index (χ3n) is 2.57. The van der Waals surface area contributed by atoms with E-state index in [4.69, 9.17) is 4.74 Å². The predicted octanol–water partition coefficient (Wildman–Crippen LogP) is 0.693. The molecule has 0 aliphatic rings. The van der Waals surface area contributed by atoms with Crippen molar-refractivity contribution >= 4 is 0 Å². The molecule has 0 spiro atoms. The Bertz CT molecular complexity index is 286. The number of hydrogen-bond donors (Lipinski definition) is 1.